The number of halogens is 2. The van der Waals surface area contributed by atoms with Crippen LogP contribution in [-0.4, -0.2) is 48.0 Å². The van der Waals surface area contributed by atoms with Gasteiger partial charge in [0.25, 0.3) is 12.3 Å². The lowest BCUT2D eigenvalue weighted by Crippen LogP contribution is -2.45. The Kier molecular flexibility index (Phi) is 5.73. The summed E-state index contributed by atoms with van der Waals surface area (Å²) in [6, 6.07) is 3.49. The van der Waals surface area contributed by atoms with E-state index in [9.17, 15) is 13.6 Å². The van der Waals surface area contributed by atoms with E-state index in [1.54, 1.807) is 18.3 Å². The number of carbonyl (C=O) groups excluding carboxylic acids is 1. The van der Waals surface area contributed by atoms with Crippen molar-refractivity contribution in [3.63, 3.8) is 0 Å². The summed E-state index contributed by atoms with van der Waals surface area (Å²) in [7, 11) is 1.89. The van der Waals surface area contributed by atoms with Crippen LogP contribution in [0.25, 0.3) is 0 Å². The fraction of sp³-hybridized carbons (Fsp3) is 0.667. The minimum Gasteiger partial charge on any atom is -0.338 e. The summed E-state index contributed by atoms with van der Waals surface area (Å²) < 4.78 is 26.5. The number of carbonyl (C=O) groups is 1. The minimum atomic E-state index is -2.45. The first-order chi connectivity index (χ1) is 10.1. The quantitative estimate of drug-likeness (QED) is 0.875. The van der Waals surface area contributed by atoms with Crippen molar-refractivity contribution in [3.05, 3.63) is 24.0 Å². The van der Waals surface area contributed by atoms with Gasteiger partial charge in [-0.25, -0.2) is 8.78 Å². The first kappa shape index (κ1) is 15.9. The lowest BCUT2D eigenvalue weighted by molar-refractivity contribution is 0.0584. The predicted molar refractivity (Wildman–Crippen MR) is 77.7 cm³/mol. The van der Waals surface area contributed by atoms with E-state index in [1.165, 1.54) is 4.57 Å². The van der Waals surface area contributed by atoms with E-state index >= 15 is 0 Å². The van der Waals surface area contributed by atoms with Gasteiger partial charge in [-0.3, -0.25) is 4.79 Å². The van der Waals surface area contributed by atoms with Crippen LogP contribution in [0.3, 0.4) is 0 Å². The van der Waals surface area contributed by atoms with Gasteiger partial charge in [-0.2, -0.15) is 0 Å². The van der Waals surface area contributed by atoms with Crippen molar-refractivity contribution in [1.82, 2.24) is 14.8 Å². The Morgan fingerprint density at radius 2 is 2.29 bits per heavy atom. The van der Waals surface area contributed by atoms with E-state index < -0.39 is 13.0 Å². The summed E-state index contributed by atoms with van der Waals surface area (Å²) in [5.74, 6) is -0.124. The third-order valence-corrected chi connectivity index (χ3v) is 4.00. The average molecular weight is 299 g/mol. The highest BCUT2D eigenvalue weighted by Gasteiger charge is 2.28. The largest absolute Gasteiger partial charge is 0.338 e. The molecule has 1 saturated heterocycles. The first-order valence-corrected chi connectivity index (χ1v) is 7.52. The van der Waals surface area contributed by atoms with Crippen LogP contribution < -0.4 is 5.32 Å². The number of hydrogen-bond acceptors (Lipinski definition) is 2. The summed E-state index contributed by atoms with van der Waals surface area (Å²) in [6.45, 7) is 1.14. The standard InChI is InChI=1S/C15H23F2N3O/c1-18-8-7-12-5-2-3-10-20(12)15(21)13-6-4-9-19(13)11-14(16)17/h4,6,9,12,14,18H,2-3,5,7-8,10-11H2,1H3. The molecule has 0 radical (unpaired) electrons. The molecule has 0 aliphatic carbocycles. The monoisotopic (exact) mass is 299 g/mol. The van der Waals surface area contributed by atoms with E-state index in [-0.39, 0.29) is 11.9 Å². The maximum atomic E-state index is 12.7. The van der Waals surface area contributed by atoms with Gasteiger partial charge in [0.15, 0.2) is 0 Å². The Morgan fingerprint density at radius 3 is 3.00 bits per heavy atom. The zero-order valence-corrected chi connectivity index (χ0v) is 12.4. The number of aromatic nitrogens is 1. The Hall–Kier alpha value is -1.43. The minimum absolute atomic E-state index is 0.124. The zero-order chi connectivity index (χ0) is 15.2. The highest BCUT2D eigenvalue weighted by atomic mass is 19.3. The SMILES string of the molecule is CNCCC1CCCCN1C(=O)c1cccn1CC(F)F. The van der Waals surface area contributed by atoms with Crippen LogP contribution in [0.2, 0.25) is 0 Å². The maximum Gasteiger partial charge on any atom is 0.270 e. The van der Waals surface area contributed by atoms with E-state index in [4.69, 9.17) is 0 Å². The summed E-state index contributed by atoms with van der Waals surface area (Å²) in [4.78, 5) is 14.5. The zero-order valence-electron chi connectivity index (χ0n) is 12.4. The van der Waals surface area contributed by atoms with Crippen molar-refractivity contribution in [2.45, 2.75) is 44.7 Å². The Labute approximate surface area is 124 Å². The third-order valence-electron chi connectivity index (χ3n) is 4.00. The molecule has 1 aromatic heterocycles. The average Bonchev–Trinajstić information content (AvgIpc) is 2.92. The number of alkyl halides is 2. The fourth-order valence-electron chi connectivity index (χ4n) is 2.94. The molecule has 1 aromatic rings. The summed E-state index contributed by atoms with van der Waals surface area (Å²) in [5, 5.41) is 3.10. The summed E-state index contributed by atoms with van der Waals surface area (Å²) in [5.41, 5.74) is 0.367. The Bertz CT molecular complexity index is 462. The Morgan fingerprint density at radius 1 is 1.48 bits per heavy atom. The van der Waals surface area contributed by atoms with Crippen molar-refractivity contribution in [3.8, 4) is 0 Å². The number of likely N-dealkylation sites (tertiary alicyclic amines) is 1. The van der Waals surface area contributed by atoms with Gasteiger partial charge in [0.2, 0.25) is 0 Å². The molecule has 1 unspecified atom stereocenters. The van der Waals surface area contributed by atoms with Gasteiger partial charge in [0, 0.05) is 18.8 Å². The molecule has 0 spiro atoms. The van der Waals surface area contributed by atoms with E-state index in [1.807, 2.05) is 11.9 Å². The number of piperidine rings is 1. The van der Waals surface area contributed by atoms with Crippen molar-refractivity contribution in [2.75, 3.05) is 20.1 Å². The smallest absolute Gasteiger partial charge is 0.270 e. The number of amides is 1. The lowest BCUT2D eigenvalue weighted by Gasteiger charge is -2.36. The molecule has 1 N–H and O–H groups in total. The number of hydrogen-bond donors (Lipinski definition) is 1. The number of nitrogens with one attached hydrogen (secondary N) is 1. The van der Waals surface area contributed by atoms with Crippen molar-refractivity contribution in [2.24, 2.45) is 0 Å². The molecule has 2 rings (SSSR count). The van der Waals surface area contributed by atoms with Crippen LogP contribution >= 0.6 is 0 Å². The van der Waals surface area contributed by atoms with Crippen LogP contribution in [-0.2, 0) is 6.54 Å². The highest BCUT2D eigenvalue weighted by Crippen LogP contribution is 2.22. The molecule has 4 nitrogen and oxygen atoms in total. The molecule has 6 heteroatoms. The van der Waals surface area contributed by atoms with Gasteiger partial charge < -0.3 is 14.8 Å². The molecular weight excluding hydrogens is 276 g/mol. The molecule has 1 atom stereocenters. The van der Waals surface area contributed by atoms with E-state index in [0.29, 0.717) is 12.2 Å². The normalized spacial score (nSPS) is 19.2. The summed E-state index contributed by atoms with van der Waals surface area (Å²) >= 11 is 0. The van der Waals surface area contributed by atoms with Crippen molar-refractivity contribution >= 4 is 5.91 Å². The molecule has 1 fully saturated rings. The second-order valence-electron chi connectivity index (χ2n) is 5.48. The number of rotatable bonds is 6. The Balaban J connectivity index is 2.11. The molecule has 0 bridgehead atoms. The topological polar surface area (TPSA) is 37.3 Å². The molecule has 1 amide bonds. The number of nitrogens with zero attached hydrogens (tertiary/aromatic N) is 2. The van der Waals surface area contributed by atoms with Crippen molar-refractivity contribution < 1.29 is 13.6 Å². The predicted octanol–water partition coefficient (Wildman–Crippen LogP) is 2.36. The van der Waals surface area contributed by atoms with Gasteiger partial charge in [0.1, 0.15) is 5.69 Å². The fourth-order valence-corrected chi connectivity index (χ4v) is 2.94. The van der Waals surface area contributed by atoms with Gasteiger partial charge in [-0.15, -0.1) is 0 Å². The van der Waals surface area contributed by atoms with Gasteiger partial charge in [0.05, 0.1) is 6.54 Å². The van der Waals surface area contributed by atoms with Crippen LogP contribution in [0.1, 0.15) is 36.2 Å². The maximum absolute atomic E-state index is 12.7. The van der Waals surface area contributed by atoms with E-state index in [2.05, 4.69) is 5.32 Å². The van der Waals surface area contributed by atoms with Gasteiger partial charge in [-0.05, 0) is 51.4 Å². The highest BCUT2D eigenvalue weighted by molar-refractivity contribution is 5.93. The van der Waals surface area contributed by atoms with E-state index in [0.717, 1.165) is 32.2 Å². The first-order valence-electron chi connectivity index (χ1n) is 7.52. The molecule has 0 aromatic carbocycles. The molecule has 21 heavy (non-hydrogen) atoms. The van der Waals surface area contributed by atoms with Crippen LogP contribution in [0, 0.1) is 0 Å². The molecule has 118 valence electrons. The molecule has 1 aliphatic rings. The second kappa shape index (κ2) is 7.54. The van der Waals surface area contributed by atoms with Gasteiger partial charge >= 0.3 is 0 Å². The molecule has 0 saturated carbocycles. The molecular formula is C15H23F2N3O. The van der Waals surface area contributed by atoms with Crippen LogP contribution in [0.15, 0.2) is 18.3 Å². The molecule has 1 aliphatic heterocycles. The second-order valence-corrected chi connectivity index (χ2v) is 5.48. The third kappa shape index (κ3) is 4.03. The lowest BCUT2D eigenvalue weighted by atomic mass is 9.99. The van der Waals surface area contributed by atoms with Crippen LogP contribution in [0.5, 0.6) is 0 Å². The summed E-state index contributed by atoms with van der Waals surface area (Å²) in [6.07, 6.45) is 3.09. The van der Waals surface area contributed by atoms with Crippen LogP contribution in [0.4, 0.5) is 8.78 Å². The van der Waals surface area contributed by atoms with Crippen molar-refractivity contribution in [1.29, 1.82) is 0 Å². The molecule has 2 heterocycles. The van der Waals surface area contributed by atoms with Gasteiger partial charge in [-0.1, -0.05) is 0 Å².